The molecule has 1 aromatic heterocycles. The highest BCUT2D eigenvalue weighted by Gasteiger charge is 2.29. The molecule has 0 aliphatic carbocycles. The number of fused-ring (bicyclic) bond motifs is 1. The van der Waals surface area contributed by atoms with Gasteiger partial charge in [0, 0.05) is 24.5 Å². The number of carbonyl (C=O) groups excluding carboxylic acids is 1. The first-order valence-electron chi connectivity index (χ1n) is 7.60. The SMILES string of the molecule is CC1CCN(C(=O)Cc2[nH]nc3ccccc23)C(CN)C1. The van der Waals surface area contributed by atoms with E-state index < -0.39 is 0 Å². The number of amides is 1. The van der Waals surface area contributed by atoms with Gasteiger partial charge in [0.1, 0.15) is 0 Å². The molecule has 0 spiro atoms. The van der Waals surface area contributed by atoms with Gasteiger partial charge in [-0.3, -0.25) is 9.89 Å². The number of piperidine rings is 1. The average Bonchev–Trinajstić information content (AvgIpc) is 2.90. The summed E-state index contributed by atoms with van der Waals surface area (Å²) in [6, 6.07) is 8.04. The first kappa shape index (κ1) is 14.1. The second-order valence-electron chi connectivity index (χ2n) is 6.00. The van der Waals surface area contributed by atoms with E-state index in [4.69, 9.17) is 5.73 Å². The number of hydrogen-bond acceptors (Lipinski definition) is 3. The zero-order valence-electron chi connectivity index (χ0n) is 12.4. The highest BCUT2D eigenvalue weighted by atomic mass is 16.2. The minimum Gasteiger partial charge on any atom is -0.338 e. The smallest absolute Gasteiger partial charge is 0.228 e. The summed E-state index contributed by atoms with van der Waals surface area (Å²) in [5, 5.41) is 8.27. The highest BCUT2D eigenvalue weighted by Crippen LogP contribution is 2.23. The van der Waals surface area contributed by atoms with Gasteiger partial charge in [-0.15, -0.1) is 0 Å². The monoisotopic (exact) mass is 286 g/mol. The normalized spacial score (nSPS) is 22.7. The number of likely N-dealkylation sites (tertiary alicyclic amines) is 1. The summed E-state index contributed by atoms with van der Waals surface area (Å²) in [5.41, 5.74) is 7.64. The van der Waals surface area contributed by atoms with E-state index in [0.29, 0.717) is 18.9 Å². The summed E-state index contributed by atoms with van der Waals surface area (Å²) in [5.74, 6) is 0.794. The molecule has 2 heterocycles. The van der Waals surface area contributed by atoms with Crippen LogP contribution in [0.1, 0.15) is 25.5 Å². The number of nitrogens with zero attached hydrogens (tertiary/aromatic N) is 2. The third-order valence-corrected chi connectivity index (χ3v) is 4.44. The van der Waals surface area contributed by atoms with Crippen molar-refractivity contribution < 1.29 is 4.79 Å². The number of carbonyl (C=O) groups is 1. The van der Waals surface area contributed by atoms with Crippen LogP contribution in [0, 0.1) is 5.92 Å². The number of hydrogen-bond donors (Lipinski definition) is 2. The predicted octanol–water partition coefficient (Wildman–Crippen LogP) is 1.69. The average molecular weight is 286 g/mol. The second-order valence-corrected chi connectivity index (χ2v) is 6.00. The lowest BCUT2D eigenvalue weighted by Gasteiger charge is -2.38. The fourth-order valence-corrected chi connectivity index (χ4v) is 3.21. The Bertz CT molecular complexity index is 636. The number of benzene rings is 1. The largest absolute Gasteiger partial charge is 0.338 e. The first-order valence-corrected chi connectivity index (χ1v) is 7.60. The number of nitrogens with one attached hydrogen (secondary N) is 1. The van der Waals surface area contributed by atoms with E-state index >= 15 is 0 Å². The van der Waals surface area contributed by atoms with Crippen molar-refractivity contribution in [2.75, 3.05) is 13.1 Å². The maximum atomic E-state index is 12.6. The molecule has 1 aliphatic rings. The summed E-state index contributed by atoms with van der Waals surface area (Å²) >= 11 is 0. The molecule has 1 saturated heterocycles. The minimum absolute atomic E-state index is 0.145. The van der Waals surface area contributed by atoms with Crippen LogP contribution in [0.4, 0.5) is 0 Å². The molecule has 0 saturated carbocycles. The molecule has 0 bridgehead atoms. The molecule has 1 amide bonds. The maximum absolute atomic E-state index is 12.6. The molecule has 2 aromatic rings. The number of H-pyrrole nitrogens is 1. The van der Waals surface area contributed by atoms with Crippen LogP contribution < -0.4 is 5.73 Å². The summed E-state index contributed by atoms with van der Waals surface area (Å²) in [7, 11) is 0. The van der Waals surface area contributed by atoms with Crippen LogP contribution in [0.3, 0.4) is 0 Å². The van der Waals surface area contributed by atoms with Crippen LogP contribution in [0.2, 0.25) is 0 Å². The van der Waals surface area contributed by atoms with Crippen molar-refractivity contribution in [2.24, 2.45) is 11.7 Å². The molecule has 1 fully saturated rings. The van der Waals surface area contributed by atoms with E-state index in [0.717, 1.165) is 36.0 Å². The molecule has 0 radical (unpaired) electrons. The van der Waals surface area contributed by atoms with Crippen molar-refractivity contribution in [3.05, 3.63) is 30.0 Å². The van der Waals surface area contributed by atoms with Gasteiger partial charge < -0.3 is 10.6 Å². The van der Waals surface area contributed by atoms with Gasteiger partial charge in [0.25, 0.3) is 0 Å². The third-order valence-electron chi connectivity index (χ3n) is 4.44. The Morgan fingerprint density at radius 1 is 1.48 bits per heavy atom. The van der Waals surface area contributed by atoms with E-state index in [1.807, 2.05) is 29.2 Å². The molecular formula is C16H22N4O. The lowest BCUT2D eigenvalue weighted by molar-refractivity contribution is -0.134. The Hall–Kier alpha value is -1.88. The fourth-order valence-electron chi connectivity index (χ4n) is 3.21. The standard InChI is InChI=1S/C16H22N4O/c1-11-6-7-20(12(8-11)10-17)16(21)9-15-13-4-2-3-5-14(13)18-19-15/h2-5,11-12H,6-10,17H2,1H3,(H,18,19). The van der Waals surface area contributed by atoms with E-state index in [9.17, 15) is 4.79 Å². The molecule has 3 N–H and O–H groups in total. The van der Waals surface area contributed by atoms with Crippen LogP contribution in [0.15, 0.2) is 24.3 Å². The van der Waals surface area contributed by atoms with Gasteiger partial charge in [-0.2, -0.15) is 5.10 Å². The van der Waals surface area contributed by atoms with Gasteiger partial charge in [-0.25, -0.2) is 0 Å². The summed E-state index contributed by atoms with van der Waals surface area (Å²) in [6.07, 6.45) is 2.43. The number of aromatic amines is 1. The van der Waals surface area contributed by atoms with E-state index in [1.165, 1.54) is 0 Å². The predicted molar refractivity (Wildman–Crippen MR) is 82.8 cm³/mol. The van der Waals surface area contributed by atoms with E-state index in [-0.39, 0.29) is 11.9 Å². The van der Waals surface area contributed by atoms with Gasteiger partial charge in [0.05, 0.1) is 17.6 Å². The van der Waals surface area contributed by atoms with Gasteiger partial charge in [-0.05, 0) is 24.8 Å². The third kappa shape index (κ3) is 2.78. The van der Waals surface area contributed by atoms with Crippen LogP contribution in [0.5, 0.6) is 0 Å². The van der Waals surface area contributed by atoms with Crippen molar-refractivity contribution in [1.29, 1.82) is 0 Å². The summed E-state index contributed by atoms with van der Waals surface area (Å²) in [4.78, 5) is 14.6. The quantitative estimate of drug-likeness (QED) is 0.901. The van der Waals surface area contributed by atoms with Crippen molar-refractivity contribution in [3.63, 3.8) is 0 Å². The molecular weight excluding hydrogens is 264 g/mol. The highest BCUT2D eigenvalue weighted by molar-refractivity contribution is 5.87. The summed E-state index contributed by atoms with van der Waals surface area (Å²) < 4.78 is 0. The van der Waals surface area contributed by atoms with Crippen molar-refractivity contribution >= 4 is 16.8 Å². The van der Waals surface area contributed by atoms with Crippen molar-refractivity contribution in [2.45, 2.75) is 32.2 Å². The van der Waals surface area contributed by atoms with Crippen molar-refractivity contribution in [3.8, 4) is 0 Å². The molecule has 1 aliphatic heterocycles. The van der Waals surface area contributed by atoms with Gasteiger partial charge >= 0.3 is 0 Å². The Balaban J connectivity index is 1.76. The summed E-state index contributed by atoms with van der Waals surface area (Å²) in [6.45, 7) is 3.58. The topological polar surface area (TPSA) is 75.0 Å². The molecule has 2 atom stereocenters. The van der Waals surface area contributed by atoms with E-state index in [1.54, 1.807) is 0 Å². The minimum atomic E-state index is 0.145. The van der Waals surface area contributed by atoms with E-state index in [2.05, 4.69) is 17.1 Å². The van der Waals surface area contributed by atoms with Crippen LogP contribution in [-0.4, -0.2) is 40.1 Å². The van der Waals surface area contributed by atoms with Gasteiger partial charge in [0.2, 0.25) is 5.91 Å². The zero-order chi connectivity index (χ0) is 14.8. The van der Waals surface area contributed by atoms with Crippen LogP contribution in [-0.2, 0) is 11.2 Å². The maximum Gasteiger partial charge on any atom is 0.228 e. The molecule has 5 heteroatoms. The second kappa shape index (κ2) is 5.85. The van der Waals surface area contributed by atoms with Gasteiger partial charge in [0.15, 0.2) is 0 Å². The molecule has 21 heavy (non-hydrogen) atoms. The fraction of sp³-hybridized carbons (Fsp3) is 0.500. The lowest BCUT2D eigenvalue weighted by atomic mass is 9.92. The number of para-hydroxylation sites is 1. The molecule has 3 rings (SSSR count). The molecule has 2 unspecified atom stereocenters. The zero-order valence-corrected chi connectivity index (χ0v) is 12.4. The number of nitrogens with two attached hydrogens (primary N) is 1. The Kier molecular flexibility index (Phi) is 3.92. The Morgan fingerprint density at radius 3 is 3.10 bits per heavy atom. The first-order chi connectivity index (χ1) is 10.2. The number of rotatable bonds is 3. The van der Waals surface area contributed by atoms with Crippen LogP contribution in [0.25, 0.3) is 10.9 Å². The molecule has 5 nitrogen and oxygen atoms in total. The van der Waals surface area contributed by atoms with Crippen LogP contribution >= 0.6 is 0 Å². The van der Waals surface area contributed by atoms with Gasteiger partial charge in [-0.1, -0.05) is 25.1 Å². The Morgan fingerprint density at radius 2 is 2.29 bits per heavy atom. The lowest BCUT2D eigenvalue weighted by Crippen LogP contribution is -2.49. The molecule has 1 aromatic carbocycles. The van der Waals surface area contributed by atoms with Crippen molar-refractivity contribution in [1.82, 2.24) is 15.1 Å². The Labute approximate surface area is 124 Å². The number of aromatic nitrogens is 2. The molecule has 112 valence electrons.